The summed E-state index contributed by atoms with van der Waals surface area (Å²) >= 11 is 6.08. The minimum Gasteiger partial charge on any atom is -0.493 e. The summed E-state index contributed by atoms with van der Waals surface area (Å²) in [5.41, 5.74) is 0.976. The van der Waals surface area contributed by atoms with E-state index in [1.54, 1.807) is 12.1 Å². The summed E-state index contributed by atoms with van der Waals surface area (Å²) in [5.74, 6) is 0.326. The Labute approximate surface area is 164 Å². The average molecular weight is 415 g/mol. The number of carbonyl (C=O) groups is 1. The summed E-state index contributed by atoms with van der Waals surface area (Å²) in [4.78, 5) is 16.7. The van der Waals surface area contributed by atoms with Crippen LogP contribution in [0.1, 0.15) is 5.56 Å². The Morgan fingerprint density at radius 3 is 2.54 bits per heavy atom. The highest BCUT2D eigenvalue weighted by molar-refractivity contribution is 6.32. The molecular weight excluding hydrogens is 398 g/mol. The lowest BCUT2D eigenvalue weighted by Crippen LogP contribution is -2.16. The number of halogens is 3. The number of methoxy groups -OCH3 is 2. The molecule has 2 rings (SSSR count). The van der Waals surface area contributed by atoms with Gasteiger partial charge in [0.05, 0.1) is 25.5 Å². The van der Waals surface area contributed by atoms with Crippen molar-refractivity contribution in [2.45, 2.75) is 6.61 Å². The van der Waals surface area contributed by atoms with Gasteiger partial charge in [-0.2, -0.15) is 8.78 Å². The number of ether oxygens (including phenoxy) is 3. The molecule has 0 saturated heterocycles. The molecule has 150 valence electrons. The summed E-state index contributed by atoms with van der Waals surface area (Å²) in [5, 5.41) is 6.56. The van der Waals surface area contributed by atoms with Gasteiger partial charge in [-0.3, -0.25) is 4.79 Å². The highest BCUT2D eigenvalue weighted by Gasteiger charge is 2.10. The van der Waals surface area contributed by atoms with Gasteiger partial charge in [-0.25, -0.2) is 0 Å². The van der Waals surface area contributed by atoms with Crippen LogP contribution in [0.3, 0.4) is 0 Å². The third-order valence-electron chi connectivity index (χ3n) is 3.29. The number of hydrogen-bond acceptors (Lipinski definition) is 6. The number of nitrogens with one attached hydrogen (secondary N) is 1. The van der Waals surface area contributed by atoms with Crippen LogP contribution in [0.4, 0.5) is 14.5 Å². The highest BCUT2D eigenvalue weighted by atomic mass is 35.5. The quantitative estimate of drug-likeness (QED) is 0.496. The van der Waals surface area contributed by atoms with Gasteiger partial charge in [0.1, 0.15) is 5.75 Å². The Bertz CT molecular complexity index is 831. The van der Waals surface area contributed by atoms with Gasteiger partial charge in [-0.1, -0.05) is 16.8 Å². The van der Waals surface area contributed by atoms with E-state index in [1.807, 2.05) is 0 Å². The fourth-order valence-electron chi connectivity index (χ4n) is 2.12. The second kappa shape index (κ2) is 10.3. The molecule has 0 radical (unpaired) electrons. The molecular formula is C18H17ClF2N2O5. The van der Waals surface area contributed by atoms with E-state index in [2.05, 4.69) is 15.2 Å². The van der Waals surface area contributed by atoms with Crippen LogP contribution >= 0.6 is 11.6 Å². The largest absolute Gasteiger partial charge is 0.493 e. The van der Waals surface area contributed by atoms with Crippen LogP contribution in [-0.2, 0) is 9.63 Å². The van der Waals surface area contributed by atoms with Crippen molar-refractivity contribution in [2.24, 2.45) is 5.16 Å². The number of rotatable bonds is 9. The molecule has 0 heterocycles. The zero-order valence-corrected chi connectivity index (χ0v) is 15.7. The lowest BCUT2D eigenvalue weighted by Gasteiger charge is -2.09. The van der Waals surface area contributed by atoms with Gasteiger partial charge in [-0.15, -0.1) is 0 Å². The van der Waals surface area contributed by atoms with E-state index in [0.29, 0.717) is 27.8 Å². The molecule has 1 amide bonds. The summed E-state index contributed by atoms with van der Waals surface area (Å²) in [6.45, 7) is -3.26. The molecule has 7 nitrogen and oxygen atoms in total. The van der Waals surface area contributed by atoms with E-state index in [9.17, 15) is 13.6 Å². The first-order valence-electron chi connectivity index (χ1n) is 7.84. The van der Waals surface area contributed by atoms with Gasteiger partial charge in [0.15, 0.2) is 18.1 Å². The molecule has 0 saturated carbocycles. The number of hydrogen-bond donors (Lipinski definition) is 1. The minimum absolute atomic E-state index is 0.0116. The zero-order valence-electron chi connectivity index (χ0n) is 14.9. The van der Waals surface area contributed by atoms with Gasteiger partial charge in [-0.05, 0) is 36.4 Å². The Balaban J connectivity index is 1.85. The molecule has 0 bridgehead atoms. The second-order valence-corrected chi connectivity index (χ2v) is 5.60. The molecule has 0 aliphatic heterocycles. The third-order valence-corrected chi connectivity index (χ3v) is 3.57. The van der Waals surface area contributed by atoms with Gasteiger partial charge in [0.2, 0.25) is 0 Å². The molecule has 0 unspecified atom stereocenters. The summed E-state index contributed by atoms with van der Waals surface area (Å²) in [6.07, 6.45) is 1.36. The lowest BCUT2D eigenvalue weighted by atomic mass is 10.2. The predicted octanol–water partition coefficient (Wildman–Crippen LogP) is 3.95. The fraction of sp³-hybridized carbons (Fsp3) is 0.222. The van der Waals surface area contributed by atoms with E-state index in [-0.39, 0.29) is 12.4 Å². The summed E-state index contributed by atoms with van der Waals surface area (Å²) < 4.78 is 38.7. The number of oxime groups is 1. The second-order valence-electron chi connectivity index (χ2n) is 5.20. The average Bonchev–Trinajstić information content (AvgIpc) is 2.66. The molecule has 0 atom stereocenters. The van der Waals surface area contributed by atoms with Crippen LogP contribution in [0.2, 0.25) is 5.02 Å². The van der Waals surface area contributed by atoms with Crippen LogP contribution in [0.5, 0.6) is 17.2 Å². The third kappa shape index (κ3) is 6.27. The molecule has 0 spiro atoms. The molecule has 1 N–H and O–H groups in total. The smallest absolute Gasteiger partial charge is 0.387 e. The van der Waals surface area contributed by atoms with Gasteiger partial charge < -0.3 is 24.4 Å². The Morgan fingerprint density at radius 1 is 1.21 bits per heavy atom. The van der Waals surface area contributed by atoms with Crippen molar-refractivity contribution in [3.8, 4) is 17.2 Å². The van der Waals surface area contributed by atoms with Crippen molar-refractivity contribution < 1.29 is 32.6 Å². The van der Waals surface area contributed by atoms with E-state index < -0.39 is 12.5 Å². The van der Waals surface area contributed by atoms with Crippen LogP contribution < -0.4 is 19.5 Å². The normalized spacial score (nSPS) is 10.8. The predicted molar refractivity (Wildman–Crippen MR) is 99.8 cm³/mol. The first-order chi connectivity index (χ1) is 13.4. The van der Waals surface area contributed by atoms with Crippen molar-refractivity contribution in [3.05, 3.63) is 47.0 Å². The molecule has 10 heteroatoms. The van der Waals surface area contributed by atoms with Crippen molar-refractivity contribution in [1.82, 2.24) is 0 Å². The maximum absolute atomic E-state index is 12.1. The molecule has 2 aromatic rings. The van der Waals surface area contributed by atoms with Crippen molar-refractivity contribution in [1.29, 1.82) is 0 Å². The van der Waals surface area contributed by atoms with Crippen molar-refractivity contribution in [3.63, 3.8) is 0 Å². The minimum atomic E-state index is -2.91. The number of anilines is 1. The number of nitrogens with zero attached hydrogens (tertiary/aromatic N) is 1. The molecule has 0 aliphatic carbocycles. The first-order valence-corrected chi connectivity index (χ1v) is 8.22. The summed E-state index contributed by atoms with van der Waals surface area (Å²) in [6, 6.07) is 8.69. The van der Waals surface area contributed by atoms with E-state index in [1.165, 1.54) is 44.7 Å². The number of alkyl halides is 2. The SMILES string of the molecule is COc1cc(/C=N\OCC(=O)Nc2ccc(OC(F)F)cc2)cc(Cl)c1OC. The highest BCUT2D eigenvalue weighted by Crippen LogP contribution is 2.35. The molecule has 0 aliphatic rings. The standard InChI is InChI=1S/C18H17ClF2N2O5/c1-25-15-8-11(7-14(19)17(15)26-2)9-22-27-10-16(24)23-12-3-5-13(6-4-12)28-18(20)21/h3-9,18H,10H2,1-2H3,(H,23,24)/b22-9-. The molecule has 0 aromatic heterocycles. The van der Waals surface area contributed by atoms with E-state index >= 15 is 0 Å². The number of benzene rings is 2. The van der Waals surface area contributed by atoms with E-state index in [0.717, 1.165) is 0 Å². The monoisotopic (exact) mass is 414 g/mol. The Hall–Kier alpha value is -3.07. The number of carbonyl (C=O) groups excluding carboxylic acids is 1. The van der Waals surface area contributed by atoms with Crippen molar-refractivity contribution in [2.75, 3.05) is 26.1 Å². The lowest BCUT2D eigenvalue weighted by molar-refractivity contribution is -0.120. The topological polar surface area (TPSA) is 78.4 Å². The maximum Gasteiger partial charge on any atom is 0.387 e. The van der Waals surface area contributed by atoms with Crippen LogP contribution in [0.15, 0.2) is 41.6 Å². The zero-order chi connectivity index (χ0) is 20.5. The van der Waals surface area contributed by atoms with Crippen LogP contribution in [0.25, 0.3) is 0 Å². The number of amides is 1. The van der Waals surface area contributed by atoms with Gasteiger partial charge >= 0.3 is 6.61 Å². The van der Waals surface area contributed by atoms with Crippen LogP contribution in [0, 0.1) is 0 Å². The van der Waals surface area contributed by atoms with Crippen LogP contribution in [-0.4, -0.2) is 39.6 Å². The first kappa shape index (κ1) is 21.2. The Kier molecular flexibility index (Phi) is 7.82. The molecule has 2 aromatic carbocycles. The maximum atomic E-state index is 12.1. The van der Waals surface area contributed by atoms with Gasteiger partial charge in [0.25, 0.3) is 5.91 Å². The molecule has 0 fully saturated rings. The molecule has 28 heavy (non-hydrogen) atoms. The van der Waals surface area contributed by atoms with Crippen molar-refractivity contribution >= 4 is 29.4 Å². The van der Waals surface area contributed by atoms with E-state index in [4.69, 9.17) is 25.9 Å². The summed E-state index contributed by atoms with van der Waals surface area (Å²) in [7, 11) is 2.95. The Morgan fingerprint density at radius 2 is 1.93 bits per heavy atom. The van der Waals surface area contributed by atoms with Gasteiger partial charge in [0, 0.05) is 11.3 Å². The fourth-order valence-corrected chi connectivity index (χ4v) is 2.42.